The van der Waals surface area contributed by atoms with Crippen molar-refractivity contribution in [2.75, 3.05) is 0 Å². The summed E-state index contributed by atoms with van der Waals surface area (Å²) in [5.74, 6) is 0. The summed E-state index contributed by atoms with van der Waals surface area (Å²) in [6.07, 6.45) is 0. The highest BCUT2D eigenvalue weighted by Gasteiger charge is 2.22. The minimum absolute atomic E-state index is 0.0625. The molecule has 0 unspecified atom stereocenters. The molecule has 0 bridgehead atoms. The molecule has 4 nitrogen and oxygen atoms in total. The maximum Gasteiger partial charge on any atom is 0.0999 e. The lowest BCUT2D eigenvalue weighted by Gasteiger charge is -2.19. The topological polar surface area (TPSA) is 56.7 Å². The van der Waals surface area contributed by atoms with Crippen LogP contribution >= 0.6 is 0 Å². The monoisotopic (exact) mass is 168 g/mol. The number of aromatic nitrogens is 3. The molecule has 1 aromatic rings. The Labute approximate surface area is 72.8 Å². The largest absolute Gasteiger partial charge is 0.325 e. The Kier molecular flexibility index (Phi) is 2.19. The van der Waals surface area contributed by atoms with Crippen molar-refractivity contribution in [3.05, 3.63) is 11.4 Å². The Bertz CT molecular complexity index is 269. The van der Waals surface area contributed by atoms with E-state index in [1.54, 1.807) is 4.68 Å². The molecule has 1 aromatic heterocycles. The Balaban J connectivity index is 3.19. The summed E-state index contributed by atoms with van der Waals surface area (Å²) >= 11 is 0. The smallest absolute Gasteiger partial charge is 0.0999 e. The molecule has 0 saturated carbocycles. The van der Waals surface area contributed by atoms with E-state index < -0.39 is 0 Å². The highest BCUT2D eigenvalue weighted by molar-refractivity contribution is 5.18. The maximum absolute atomic E-state index is 5.54. The van der Waals surface area contributed by atoms with Gasteiger partial charge in [-0.3, -0.25) is 4.68 Å². The van der Waals surface area contributed by atoms with Gasteiger partial charge in [0.05, 0.1) is 11.4 Å². The molecule has 0 atom stereocenters. The lowest BCUT2D eigenvalue weighted by atomic mass is 9.90. The zero-order valence-electron chi connectivity index (χ0n) is 8.13. The molecule has 0 aromatic carbocycles. The van der Waals surface area contributed by atoms with Crippen molar-refractivity contribution < 1.29 is 0 Å². The molecule has 1 rings (SSSR count). The van der Waals surface area contributed by atoms with Crippen LogP contribution in [-0.4, -0.2) is 15.0 Å². The molecule has 0 aliphatic rings. The lowest BCUT2D eigenvalue weighted by Crippen LogP contribution is -2.19. The molecule has 68 valence electrons. The minimum atomic E-state index is 0.0625. The second kappa shape index (κ2) is 2.86. The van der Waals surface area contributed by atoms with Crippen molar-refractivity contribution in [1.82, 2.24) is 15.0 Å². The van der Waals surface area contributed by atoms with Crippen LogP contribution in [0.2, 0.25) is 0 Å². The van der Waals surface area contributed by atoms with E-state index in [-0.39, 0.29) is 5.41 Å². The van der Waals surface area contributed by atoms with Crippen LogP contribution in [0.15, 0.2) is 0 Å². The third-order valence-electron chi connectivity index (χ3n) is 1.80. The normalized spacial score (nSPS) is 12.1. The molecular weight excluding hydrogens is 152 g/mol. The van der Waals surface area contributed by atoms with Crippen LogP contribution in [0.1, 0.15) is 32.2 Å². The van der Waals surface area contributed by atoms with Crippen molar-refractivity contribution in [3.63, 3.8) is 0 Å². The Morgan fingerprint density at radius 2 is 2.00 bits per heavy atom. The van der Waals surface area contributed by atoms with Crippen LogP contribution in [0.3, 0.4) is 0 Å². The van der Waals surface area contributed by atoms with Crippen LogP contribution in [-0.2, 0) is 19.0 Å². The van der Waals surface area contributed by atoms with Gasteiger partial charge in [-0.15, -0.1) is 5.10 Å². The number of aryl methyl sites for hydroxylation is 1. The molecular formula is C8H16N4. The molecule has 0 saturated heterocycles. The predicted octanol–water partition coefficient (Wildman–Crippen LogP) is 0.571. The van der Waals surface area contributed by atoms with Gasteiger partial charge in [0.15, 0.2) is 0 Å². The zero-order valence-corrected chi connectivity index (χ0v) is 8.13. The Morgan fingerprint density at radius 3 is 2.33 bits per heavy atom. The molecule has 12 heavy (non-hydrogen) atoms. The summed E-state index contributed by atoms with van der Waals surface area (Å²) in [6.45, 7) is 6.85. The predicted molar refractivity (Wildman–Crippen MR) is 47.6 cm³/mol. The molecule has 0 aliphatic carbocycles. The maximum atomic E-state index is 5.54. The van der Waals surface area contributed by atoms with Crippen molar-refractivity contribution in [1.29, 1.82) is 0 Å². The van der Waals surface area contributed by atoms with Gasteiger partial charge in [0.25, 0.3) is 0 Å². The molecule has 0 fully saturated rings. The van der Waals surface area contributed by atoms with E-state index in [2.05, 4.69) is 31.1 Å². The second-order valence-electron chi connectivity index (χ2n) is 3.96. The summed E-state index contributed by atoms with van der Waals surface area (Å²) in [6, 6.07) is 0. The SMILES string of the molecule is Cn1nnc(CN)c1C(C)(C)C. The molecule has 4 heteroatoms. The second-order valence-corrected chi connectivity index (χ2v) is 3.96. The number of hydrogen-bond donors (Lipinski definition) is 1. The van der Waals surface area contributed by atoms with Crippen LogP contribution in [0.5, 0.6) is 0 Å². The first-order chi connectivity index (χ1) is 5.46. The average Bonchev–Trinajstić information content (AvgIpc) is 2.29. The van der Waals surface area contributed by atoms with Gasteiger partial charge in [0.2, 0.25) is 0 Å². The van der Waals surface area contributed by atoms with Gasteiger partial charge in [-0.05, 0) is 0 Å². The summed E-state index contributed by atoms with van der Waals surface area (Å²) < 4.78 is 1.79. The standard InChI is InChI=1S/C8H16N4/c1-8(2,3)7-6(5-9)10-11-12(7)4/h5,9H2,1-4H3. The fourth-order valence-corrected chi connectivity index (χ4v) is 1.46. The highest BCUT2D eigenvalue weighted by Crippen LogP contribution is 2.23. The number of nitrogens with zero attached hydrogens (tertiary/aromatic N) is 3. The van der Waals surface area contributed by atoms with E-state index in [0.717, 1.165) is 11.4 Å². The zero-order chi connectivity index (χ0) is 9.35. The van der Waals surface area contributed by atoms with E-state index in [4.69, 9.17) is 5.73 Å². The first-order valence-corrected chi connectivity index (χ1v) is 4.06. The molecule has 2 N–H and O–H groups in total. The van der Waals surface area contributed by atoms with Crippen LogP contribution < -0.4 is 5.73 Å². The van der Waals surface area contributed by atoms with Crippen molar-refractivity contribution in [2.45, 2.75) is 32.7 Å². The van der Waals surface area contributed by atoms with Crippen LogP contribution in [0, 0.1) is 0 Å². The summed E-state index contributed by atoms with van der Waals surface area (Å²) in [7, 11) is 1.90. The van der Waals surface area contributed by atoms with E-state index in [9.17, 15) is 0 Å². The first-order valence-electron chi connectivity index (χ1n) is 4.06. The Morgan fingerprint density at radius 1 is 1.42 bits per heavy atom. The van der Waals surface area contributed by atoms with Crippen molar-refractivity contribution >= 4 is 0 Å². The van der Waals surface area contributed by atoms with E-state index in [1.807, 2.05) is 7.05 Å². The van der Waals surface area contributed by atoms with Gasteiger partial charge in [-0.2, -0.15) is 0 Å². The summed E-state index contributed by atoms with van der Waals surface area (Å²) in [5, 5.41) is 7.93. The number of rotatable bonds is 1. The number of nitrogens with two attached hydrogens (primary N) is 1. The summed E-state index contributed by atoms with van der Waals surface area (Å²) in [4.78, 5) is 0. The van der Waals surface area contributed by atoms with Crippen LogP contribution in [0.25, 0.3) is 0 Å². The molecule has 0 radical (unpaired) electrons. The molecule has 0 aliphatic heterocycles. The van der Waals surface area contributed by atoms with Crippen molar-refractivity contribution in [3.8, 4) is 0 Å². The number of hydrogen-bond acceptors (Lipinski definition) is 3. The summed E-state index contributed by atoms with van der Waals surface area (Å²) in [5.41, 5.74) is 7.62. The first kappa shape index (κ1) is 9.19. The van der Waals surface area contributed by atoms with Gasteiger partial charge >= 0.3 is 0 Å². The third-order valence-corrected chi connectivity index (χ3v) is 1.80. The van der Waals surface area contributed by atoms with Gasteiger partial charge in [0, 0.05) is 19.0 Å². The van der Waals surface area contributed by atoms with Gasteiger partial charge in [-0.25, -0.2) is 0 Å². The lowest BCUT2D eigenvalue weighted by molar-refractivity contribution is 0.516. The van der Waals surface area contributed by atoms with Crippen molar-refractivity contribution in [2.24, 2.45) is 12.8 Å². The van der Waals surface area contributed by atoms with E-state index in [1.165, 1.54) is 0 Å². The van der Waals surface area contributed by atoms with Gasteiger partial charge in [0.1, 0.15) is 0 Å². The average molecular weight is 168 g/mol. The molecule has 1 heterocycles. The van der Waals surface area contributed by atoms with Gasteiger partial charge < -0.3 is 5.73 Å². The third kappa shape index (κ3) is 1.48. The Hall–Kier alpha value is -0.900. The van der Waals surface area contributed by atoms with E-state index in [0.29, 0.717) is 6.54 Å². The minimum Gasteiger partial charge on any atom is -0.325 e. The van der Waals surface area contributed by atoms with E-state index >= 15 is 0 Å². The fourth-order valence-electron chi connectivity index (χ4n) is 1.46. The molecule has 0 amide bonds. The highest BCUT2D eigenvalue weighted by atomic mass is 15.4. The quantitative estimate of drug-likeness (QED) is 0.667. The molecule has 0 spiro atoms. The van der Waals surface area contributed by atoms with Gasteiger partial charge in [-0.1, -0.05) is 26.0 Å². The fraction of sp³-hybridized carbons (Fsp3) is 0.750. The van der Waals surface area contributed by atoms with Crippen LogP contribution in [0.4, 0.5) is 0 Å².